The van der Waals surface area contributed by atoms with E-state index in [0.717, 1.165) is 12.1 Å². The van der Waals surface area contributed by atoms with Crippen LogP contribution in [0.3, 0.4) is 0 Å². The van der Waals surface area contributed by atoms with Crippen molar-refractivity contribution in [3.8, 4) is 0 Å². The van der Waals surface area contributed by atoms with Gasteiger partial charge in [-0.2, -0.15) is 0 Å². The Bertz CT molecular complexity index is 135. The highest BCUT2D eigenvalue weighted by molar-refractivity contribution is 6.66. The summed E-state index contributed by atoms with van der Waals surface area (Å²) >= 11 is 5.50. The van der Waals surface area contributed by atoms with Crippen LogP contribution in [0.4, 0.5) is 0 Å². The topological polar surface area (TPSA) is 12.4 Å². The fourth-order valence-electron chi connectivity index (χ4n) is 0.515. The lowest BCUT2D eigenvalue weighted by Gasteiger charge is -1.76. The van der Waals surface area contributed by atoms with Gasteiger partial charge in [0.15, 0.2) is 0 Å². The predicted molar refractivity (Wildman–Crippen MR) is 31.7 cm³/mol. The lowest BCUT2D eigenvalue weighted by atomic mass is 10.4. The van der Waals surface area contributed by atoms with Crippen molar-refractivity contribution in [3.63, 3.8) is 0 Å². The standard InChI is InChI=1S/C5H6ClN/c1-4-2-3-5(6)7-4/h2H,3H2,1H3. The Labute approximate surface area is 47.7 Å². The number of rotatable bonds is 0. The highest BCUT2D eigenvalue weighted by Crippen LogP contribution is 2.10. The molecule has 0 spiro atoms. The van der Waals surface area contributed by atoms with Crippen LogP contribution in [0.15, 0.2) is 16.8 Å². The summed E-state index contributed by atoms with van der Waals surface area (Å²) in [6.45, 7) is 1.94. The van der Waals surface area contributed by atoms with Crippen molar-refractivity contribution < 1.29 is 0 Å². The van der Waals surface area contributed by atoms with Crippen LogP contribution >= 0.6 is 11.6 Å². The van der Waals surface area contributed by atoms with Crippen LogP contribution < -0.4 is 0 Å². The largest absolute Gasteiger partial charge is 0.246 e. The lowest BCUT2D eigenvalue weighted by Crippen LogP contribution is -1.72. The first-order chi connectivity index (χ1) is 3.29. The van der Waals surface area contributed by atoms with Crippen LogP contribution in [0.25, 0.3) is 0 Å². The van der Waals surface area contributed by atoms with Gasteiger partial charge in [-0.25, -0.2) is 4.99 Å². The first-order valence-electron chi connectivity index (χ1n) is 2.19. The number of allylic oxidation sites excluding steroid dienone is 2. The van der Waals surface area contributed by atoms with E-state index in [0.29, 0.717) is 5.17 Å². The van der Waals surface area contributed by atoms with E-state index in [4.69, 9.17) is 11.6 Å². The molecule has 1 aliphatic heterocycles. The van der Waals surface area contributed by atoms with Crippen LogP contribution in [-0.4, -0.2) is 5.17 Å². The third kappa shape index (κ3) is 1.03. The minimum atomic E-state index is 0.706. The Morgan fingerprint density at radius 2 is 2.57 bits per heavy atom. The molecule has 0 saturated carbocycles. The molecule has 0 amide bonds. The minimum Gasteiger partial charge on any atom is -0.246 e. The van der Waals surface area contributed by atoms with Gasteiger partial charge in [0.2, 0.25) is 0 Å². The van der Waals surface area contributed by atoms with E-state index >= 15 is 0 Å². The van der Waals surface area contributed by atoms with Crippen molar-refractivity contribution in [2.75, 3.05) is 0 Å². The molecule has 0 saturated heterocycles. The molecule has 0 fully saturated rings. The normalized spacial score (nSPS) is 19.1. The number of aliphatic imine (C=N–C) groups is 1. The van der Waals surface area contributed by atoms with Crippen molar-refractivity contribution in [1.82, 2.24) is 0 Å². The number of hydrogen-bond donors (Lipinski definition) is 0. The summed E-state index contributed by atoms with van der Waals surface area (Å²) in [4.78, 5) is 3.93. The predicted octanol–water partition coefficient (Wildman–Crippen LogP) is 1.93. The average molecular weight is 116 g/mol. The van der Waals surface area contributed by atoms with Crippen molar-refractivity contribution in [2.45, 2.75) is 13.3 Å². The molecule has 0 N–H and O–H groups in total. The molecular formula is C5H6ClN. The zero-order valence-corrected chi connectivity index (χ0v) is 4.87. The zero-order valence-electron chi connectivity index (χ0n) is 4.11. The molecule has 0 aromatic heterocycles. The van der Waals surface area contributed by atoms with Gasteiger partial charge >= 0.3 is 0 Å². The molecule has 0 aromatic rings. The SMILES string of the molecule is CC1=CCC(Cl)=N1. The zero-order chi connectivity index (χ0) is 5.28. The van der Waals surface area contributed by atoms with Crippen LogP contribution in [0, 0.1) is 0 Å². The third-order valence-electron chi connectivity index (χ3n) is 0.864. The van der Waals surface area contributed by atoms with E-state index in [2.05, 4.69) is 4.99 Å². The molecule has 1 heterocycles. The summed E-state index contributed by atoms with van der Waals surface area (Å²) in [5, 5.41) is 0.706. The van der Waals surface area contributed by atoms with Crippen molar-refractivity contribution in [1.29, 1.82) is 0 Å². The van der Waals surface area contributed by atoms with Crippen molar-refractivity contribution in [2.24, 2.45) is 4.99 Å². The molecule has 1 nitrogen and oxygen atoms in total. The Morgan fingerprint density at radius 3 is 2.71 bits per heavy atom. The summed E-state index contributed by atoms with van der Waals surface area (Å²) in [6.07, 6.45) is 2.83. The van der Waals surface area contributed by atoms with Crippen LogP contribution in [-0.2, 0) is 0 Å². The van der Waals surface area contributed by atoms with Gasteiger partial charge in [0, 0.05) is 12.1 Å². The number of hydrogen-bond acceptors (Lipinski definition) is 1. The second-order valence-corrected chi connectivity index (χ2v) is 1.97. The van der Waals surface area contributed by atoms with E-state index in [1.165, 1.54) is 0 Å². The molecule has 0 aliphatic carbocycles. The lowest BCUT2D eigenvalue weighted by molar-refractivity contribution is 1.34. The van der Waals surface area contributed by atoms with Crippen molar-refractivity contribution in [3.05, 3.63) is 11.8 Å². The van der Waals surface area contributed by atoms with Gasteiger partial charge in [-0.1, -0.05) is 17.7 Å². The molecule has 0 radical (unpaired) electrons. The molecule has 1 aliphatic rings. The second kappa shape index (κ2) is 1.66. The van der Waals surface area contributed by atoms with E-state index in [9.17, 15) is 0 Å². The summed E-state index contributed by atoms with van der Waals surface area (Å²) in [5.74, 6) is 0. The first kappa shape index (κ1) is 4.85. The summed E-state index contributed by atoms with van der Waals surface area (Å²) in [5.41, 5.74) is 1.03. The quantitative estimate of drug-likeness (QED) is 0.458. The summed E-state index contributed by atoms with van der Waals surface area (Å²) in [6, 6.07) is 0. The highest BCUT2D eigenvalue weighted by atomic mass is 35.5. The average Bonchev–Trinajstić information content (AvgIpc) is 1.87. The van der Waals surface area contributed by atoms with Gasteiger partial charge < -0.3 is 0 Å². The minimum absolute atomic E-state index is 0.706. The molecule has 38 valence electrons. The van der Waals surface area contributed by atoms with Gasteiger partial charge in [0.25, 0.3) is 0 Å². The summed E-state index contributed by atoms with van der Waals surface area (Å²) < 4.78 is 0. The Morgan fingerprint density at radius 1 is 1.86 bits per heavy atom. The molecule has 1 rings (SSSR count). The van der Waals surface area contributed by atoms with E-state index in [1.54, 1.807) is 0 Å². The maximum absolute atomic E-state index is 5.50. The molecule has 0 aromatic carbocycles. The molecule has 0 unspecified atom stereocenters. The second-order valence-electron chi connectivity index (χ2n) is 1.54. The molecule has 2 heteroatoms. The van der Waals surface area contributed by atoms with Gasteiger partial charge in [-0.3, -0.25) is 0 Å². The fourth-order valence-corrected chi connectivity index (χ4v) is 0.725. The van der Waals surface area contributed by atoms with Gasteiger partial charge in [0.05, 0.1) is 0 Å². The van der Waals surface area contributed by atoms with Gasteiger partial charge in [-0.05, 0) is 6.92 Å². The number of halogens is 1. The third-order valence-corrected chi connectivity index (χ3v) is 1.10. The Balaban J connectivity index is 2.69. The molecule has 0 bridgehead atoms. The monoisotopic (exact) mass is 115 g/mol. The van der Waals surface area contributed by atoms with Crippen LogP contribution in [0.5, 0.6) is 0 Å². The Kier molecular flexibility index (Phi) is 1.15. The van der Waals surface area contributed by atoms with Crippen LogP contribution in [0.1, 0.15) is 13.3 Å². The summed E-state index contributed by atoms with van der Waals surface area (Å²) in [7, 11) is 0. The van der Waals surface area contributed by atoms with E-state index in [-0.39, 0.29) is 0 Å². The maximum Gasteiger partial charge on any atom is 0.110 e. The van der Waals surface area contributed by atoms with Gasteiger partial charge in [-0.15, -0.1) is 0 Å². The fraction of sp³-hybridized carbons (Fsp3) is 0.400. The Hall–Kier alpha value is -0.300. The molecule has 0 atom stereocenters. The first-order valence-corrected chi connectivity index (χ1v) is 2.56. The maximum atomic E-state index is 5.50. The van der Waals surface area contributed by atoms with Gasteiger partial charge in [0.1, 0.15) is 5.17 Å². The molecule has 7 heavy (non-hydrogen) atoms. The molecular weight excluding hydrogens is 110 g/mol. The van der Waals surface area contributed by atoms with Crippen LogP contribution in [0.2, 0.25) is 0 Å². The van der Waals surface area contributed by atoms with E-state index in [1.807, 2.05) is 13.0 Å². The number of nitrogens with zero attached hydrogens (tertiary/aromatic N) is 1. The van der Waals surface area contributed by atoms with Crippen molar-refractivity contribution >= 4 is 16.8 Å². The highest BCUT2D eigenvalue weighted by Gasteiger charge is 1.98. The smallest absolute Gasteiger partial charge is 0.110 e. The van der Waals surface area contributed by atoms with E-state index < -0.39 is 0 Å².